The molecule has 7 nitrogen and oxygen atoms in total. The maximum atomic E-state index is 12.7. The van der Waals surface area contributed by atoms with Crippen LogP contribution >= 0.6 is 0 Å². The number of hydrogen-bond acceptors (Lipinski definition) is 5. The van der Waals surface area contributed by atoms with Crippen LogP contribution in [0.2, 0.25) is 0 Å². The highest BCUT2D eigenvalue weighted by Crippen LogP contribution is 2.30. The summed E-state index contributed by atoms with van der Waals surface area (Å²) >= 11 is 0. The Balaban J connectivity index is 0.000000339. The highest BCUT2D eigenvalue weighted by molar-refractivity contribution is 5.94. The Labute approximate surface area is 174 Å². The van der Waals surface area contributed by atoms with Gasteiger partial charge in [-0.3, -0.25) is 9.36 Å². The molecule has 1 saturated heterocycles. The Morgan fingerprint density at radius 1 is 1.16 bits per heavy atom. The molecule has 0 spiro atoms. The normalized spacial score (nSPS) is 15.0. The summed E-state index contributed by atoms with van der Waals surface area (Å²) in [5.74, 6) is -2.06. The van der Waals surface area contributed by atoms with Crippen molar-refractivity contribution in [2.45, 2.75) is 18.7 Å². The molecule has 0 atom stereocenters. The van der Waals surface area contributed by atoms with Gasteiger partial charge >= 0.3 is 12.1 Å². The third-order valence-corrected chi connectivity index (χ3v) is 5.14. The fourth-order valence-corrected chi connectivity index (χ4v) is 3.19. The quantitative estimate of drug-likeness (QED) is 0.571. The minimum absolute atomic E-state index is 0.0426. The fraction of sp³-hybridized carbons (Fsp3) is 0.286. The van der Waals surface area contributed by atoms with Crippen LogP contribution in [-0.4, -0.2) is 45.0 Å². The maximum Gasteiger partial charge on any atom is 0.490 e. The van der Waals surface area contributed by atoms with E-state index < -0.39 is 17.7 Å². The summed E-state index contributed by atoms with van der Waals surface area (Å²) in [4.78, 5) is 26.1. The molecule has 31 heavy (non-hydrogen) atoms. The molecule has 2 aromatic carbocycles. The van der Waals surface area contributed by atoms with Crippen LogP contribution in [0.4, 0.5) is 13.2 Å². The van der Waals surface area contributed by atoms with Crippen molar-refractivity contribution in [3.8, 4) is 11.1 Å². The second-order valence-corrected chi connectivity index (χ2v) is 7.24. The van der Waals surface area contributed by atoms with Gasteiger partial charge in [-0.05, 0) is 29.7 Å². The number of benzene rings is 2. The second-order valence-electron chi connectivity index (χ2n) is 7.24. The van der Waals surface area contributed by atoms with Gasteiger partial charge in [0, 0.05) is 20.1 Å². The number of nitrogens with one attached hydrogen (secondary N) is 1. The van der Waals surface area contributed by atoms with Crippen molar-refractivity contribution in [3.63, 3.8) is 0 Å². The second kappa shape index (κ2) is 8.12. The van der Waals surface area contributed by atoms with Crippen LogP contribution in [0.3, 0.4) is 0 Å². The van der Waals surface area contributed by atoms with Gasteiger partial charge in [0.05, 0.1) is 10.9 Å². The average Bonchev–Trinajstić information content (AvgIpc) is 2.70. The van der Waals surface area contributed by atoms with E-state index in [-0.39, 0.29) is 5.56 Å². The third kappa shape index (κ3) is 4.44. The Hall–Kier alpha value is -3.24. The van der Waals surface area contributed by atoms with Crippen molar-refractivity contribution in [2.75, 3.05) is 13.1 Å². The van der Waals surface area contributed by atoms with Crippen LogP contribution in [0.15, 0.2) is 47.3 Å². The molecular formula is C21H20F3N3O4. The number of carbonyl (C=O) groups is 1. The van der Waals surface area contributed by atoms with Gasteiger partial charge in [0.15, 0.2) is 0 Å². The highest BCUT2D eigenvalue weighted by atomic mass is 19.4. The Morgan fingerprint density at radius 3 is 2.23 bits per heavy atom. The first-order valence-electron chi connectivity index (χ1n) is 9.24. The molecule has 1 aromatic heterocycles. The average molecular weight is 435 g/mol. The summed E-state index contributed by atoms with van der Waals surface area (Å²) in [6.45, 7) is 2.98. The number of carboxylic acid groups (broad SMARTS) is 1. The van der Waals surface area contributed by atoms with Crippen LogP contribution in [0, 0.1) is 6.92 Å². The Bertz CT molecular complexity index is 1180. The molecule has 1 fully saturated rings. The minimum Gasteiger partial charge on any atom is -0.475 e. The predicted molar refractivity (Wildman–Crippen MR) is 108 cm³/mol. The molecule has 1 aliphatic rings. The van der Waals surface area contributed by atoms with Crippen molar-refractivity contribution in [3.05, 3.63) is 64.2 Å². The molecule has 0 aliphatic carbocycles. The number of β-amino-alcohol motifs (C(OH)–C–C–N with tert-alkyl or cyclic N) is 1. The van der Waals surface area contributed by atoms with Crippen LogP contribution in [0.5, 0.6) is 0 Å². The lowest BCUT2D eigenvalue weighted by Gasteiger charge is -2.38. The number of carboxylic acids is 1. The van der Waals surface area contributed by atoms with E-state index >= 15 is 0 Å². The van der Waals surface area contributed by atoms with E-state index in [0.29, 0.717) is 29.8 Å². The summed E-state index contributed by atoms with van der Waals surface area (Å²) in [5, 5.41) is 21.2. The molecule has 0 saturated carbocycles. The third-order valence-electron chi connectivity index (χ3n) is 5.14. The summed E-state index contributed by atoms with van der Waals surface area (Å²) in [6.07, 6.45) is -5.08. The Morgan fingerprint density at radius 2 is 1.74 bits per heavy atom. The highest BCUT2D eigenvalue weighted by Gasteiger charge is 2.38. The summed E-state index contributed by atoms with van der Waals surface area (Å²) in [6, 6.07) is 13.5. The lowest BCUT2D eigenvalue weighted by atomic mass is 9.87. The van der Waals surface area contributed by atoms with Crippen LogP contribution < -0.4 is 10.9 Å². The molecule has 3 N–H and O–H groups in total. The van der Waals surface area contributed by atoms with E-state index in [1.807, 2.05) is 49.4 Å². The molecule has 1 aliphatic heterocycles. The maximum absolute atomic E-state index is 12.7. The molecule has 164 valence electrons. The number of nitrogens with zero attached hydrogens (tertiary/aromatic N) is 2. The van der Waals surface area contributed by atoms with E-state index in [1.54, 1.807) is 11.6 Å². The fourth-order valence-electron chi connectivity index (χ4n) is 3.19. The number of fused-ring (bicyclic) bond motifs is 1. The summed E-state index contributed by atoms with van der Waals surface area (Å²) < 4.78 is 33.3. The van der Waals surface area contributed by atoms with Crippen molar-refractivity contribution >= 4 is 16.9 Å². The van der Waals surface area contributed by atoms with Crippen molar-refractivity contribution in [1.29, 1.82) is 0 Å². The number of hydrogen-bond donors (Lipinski definition) is 3. The SMILES string of the molecule is Cc1nc2cccc(-c3ccc(C4(O)CNC4)cc3)c2c(=O)n1C.O=C(O)C(F)(F)F. The van der Waals surface area contributed by atoms with Gasteiger partial charge in [-0.15, -0.1) is 0 Å². The predicted octanol–water partition coefficient (Wildman–Crippen LogP) is 2.33. The molecule has 2 heterocycles. The van der Waals surface area contributed by atoms with Crippen molar-refractivity contribution < 1.29 is 28.2 Å². The van der Waals surface area contributed by atoms with E-state index in [4.69, 9.17) is 9.90 Å². The lowest BCUT2D eigenvalue weighted by molar-refractivity contribution is -0.192. The minimum atomic E-state index is -5.08. The van der Waals surface area contributed by atoms with Gasteiger partial charge in [-0.25, -0.2) is 9.78 Å². The Kier molecular flexibility index (Phi) is 5.88. The largest absolute Gasteiger partial charge is 0.490 e. The molecule has 3 aromatic rings. The van der Waals surface area contributed by atoms with Gasteiger partial charge in [-0.1, -0.05) is 36.4 Å². The number of rotatable bonds is 2. The van der Waals surface area contributed by atoms with Gasteiger partial charge in [0.1, 0.15) is 11.4 Å². The van der Waals surface area contributed by atoms with Gasteiger partial charge < -0.3 is 15.5 Å². The van der Waals surface area contributed by atoms with E-state index in [2.05, 4.69) is 10.3 Å². The van der Waals surface area contributed by atoms with Crippen molar-refractivity contribution in [1.82, 2.24) is 14.9 Å². The van der Waals surface area contributed by atoms with Crippen molar-refractivity contribution in [2.24, 2.45) is 7.05 Å². The number of halogens is 3. The van der Waals surface area contributed by atoms with Crippen LogP contribution in [-0.2, 0) is 17.4 Å². The van der Waals surface area contributed by atoms with E-state index in [1.165, 1.54) is 0 Å². The molecule has 0 unspecified atom stereocenters. The number of aromatic nitrogens is 2. The van der Waals surface area contributed by atoms with Gasteiger partial charge in [-0.2, -0.15) is 13.2 Å². The molecule has 10 heteroatoms. The zero-order chi connectivity index (χ0) is 23.0. The zero-order valence-corrected chi connectivity index (χ0v) is 16.7. The number of aryl methyl sites for hydroxylation is 1. The molecule has 4 rings (SSSR count). The first-order chi connectivity index (χ1) is 14.4. The molecule has 0 bridgehead atoms. The van der Waals surface area contributed by atoms with Crippen LogP contribution in [0.25, 0.3) is 22.0 Å². The van der Waals surface area contributed by atoms with E-state index in [0.717, 1.165) is 16.7 Å². The van der Waals surface area contributed by atoms with Crippen LogP contribution in [0.1, 0.15) is 11.4 Å². The van der Waals surface area contributed by atoms with E-state index in [9.17, 15) is 23.1 Å². The first kappa shape index (κ1) is 22.4. The number of alkyl halides is 3. The molecular weight excluding hydrogens is 415 g/mol. The van der Waals surface area contributed by atoms with Gasteiger partial charge in [0.2, 0.25) is 0 Å². The molecule has 0 amide bonds. The lowest BCUT2D eigenvalue weighted by Crippen LogP contribution is -2.56. The standard InChI is InChI=1S/C19H19N3O2.C2HF3O2/c1-12-21-16-5-3-4-15(17(16)18(23)22(12)2)13-6-8-14(9-7-13)19(24)10-20-11-19;3-2(4,5)1(6)7/h3-9,20,24H,10-11H2,1-2H3;(H,6,7). The summed E-state index contributed by atoms with van der Waals surface area (Å²) in [5.41, 5.74) is 2.60. The number of aliphatic carboxylic acids is 1. The van der Waals surface area contributed by atoms with Gasteiger partial charge in [0.25, 0.3) is 5.56 Å². The monoisotopic (exact) mass is 435 g/mol. The smallest absolute Gasteiger partial charge is 0.475 e. The summed E-state index contributed by atoms with van der Waals surface area (Å²) in [7, 11) is 1.74. The first-order valence-corrected chi connectivity index (χ1v) is 9.24. The molecule has 0 radical (unpaired) electrons. The number of aliphatic hydroxyl groups is 1. The zero-order valence-electron chi connectivity index (χ0n) is 16.7. The topological polar surface area (TPSA) is 104 Å².